The standard InChI is InChI=1S/C14H24N2O4.C9H18N2O2/c1-5-10-19-12(17)11-15-6-8-16(9-7-15)13(18)20-14(2,3)4;1-9(2,3)13-8(12)11-6-4-10-5-7-11/h5H,1,6-11H2,2-4H3;10H,4-7H2,1-3H3. The Labute approximate surface area is 198 Å². The first kappa shape index (κ1) is 28.7. The van der Waals surface area contributed by atoms with Crippen LogP contribution in [0.25, 0.3) is 0 Å². The highest BCUT2D eigenvalue weighted by Crippen LogP contribution is 2.12. The normalized spacial score (nSPS) is 17.4. The largest absolute Gasteiger partial charge is 0.461 e. The van der Waals surface area contributed by atoms with Crippen LogP contribution in [0.4, 0.5) is 9.59 Å². The molecule has 10 nitrogen and oxygen atoms in total. The van der Waals surface area contributed by atoms with E-state index >= 15 is 0 Å². The van der Waals surface area contributed by atoms with Crippen molar-refractivity contribution in [1.29, 1.82) is 0 Å². The molecular formula is C23H42N4O6. The molecular weight excluding hydrogens is 428 g/mol. The second-order valence-electron chi connectivity index (χ2n) is 9.93. The van der Waals surface area contributed by atoms with Gasteiger partial charge in [-0.3, -0.25) is 9.69 Å². The summed E-state index contributed by atoms with van der Waals surface area (Å²) in [5.41, 5.74) is -0.870. The van der Waals surface area contributed by atoms with Crippen molar-refractivity contribution in [2.75, 3.05) is 65.5 Å². The fraction of sp³-hybridized carbons (Fsp3) is 0.783. The molecule has 0 bridgehead atoms. The molecule has 2 amide bonds. The number of amides is 2. The number of hydrogen-bond acceptors (Lipinski definition) is 8. The van der Waals surface area contributed by atoms with E-state index in [1.807, 2.05) is 46.4 Å². The summed E-state index contributed by atoms with van der Waals surface area (Å²) in [7, 11) is 0. The first-order valence-electron chi connectivity index (χ1n) is 11.5. The van der Waals surface area contributed by atoms with Crippen molar-refractivity contribution in [3.8, 4) is 0 Å². The zero-order chi connectivity index (χ0) is 25.1. The van der Waals surface area contributed by atoms with Gasteiger partial charge in [0.1, 0.15) is 17.8 Å². The molecule has 2 aliphatic heterocycles. The van der Waals surface area contributed by atoms with Gasteiger partial charge in [0.05, 0.1) is 6.54 Å². The maximum absolute atomic E-state index is 11.9. The molecule has 2 fully saturated rings. The average molecular weight is 471 g/mol. The highest BCUT2D eigenvalue weighted by Gasteiger charge is 2.26. The van der Waals surface area contributed by atoms with E-state index < -0.39 is 5.60 Å². The van der Waals surface area contributed by atoms with Gasteiger partial charge in [0.15, 0.2) is 0 Å². The van der Waals surface area contributed by atoms with E-state index in [4.69, 9.17) is 14.2 Å². The minimum absolute atomic E-state index is 0.200. The lowest BCUT2D eigenvalue weighted by Gasteiger charge is -2.35. The minimum Gasteiger partial charge on any atom is -0.461 e. The summed E-state index contributed by atoms with van der Waals surface area (Å²) < 4.78 is 15.5. The molecule has 2 saturated heterocycles. The number of esters is 1. The van der Waals surface area contributed by atoms with Crippen molar-refractivity contribution in [3.63, 3.8) is 0 Å². The Bertz CT molecular complexity index is 642. The van der Waals surface area contributed by atoms with Gasteiger partial charge in [0.2, 0.25) is 0 Å². The second kappa shape index (κ2) is 13.4. The third-order valence-corrected chi connectivity index (χ3v) is 4.51. The second-order valence-corrected chi connectivity index (χ2v) is 9.93. The molecule has 0 spiro atoms. The third-order valence-electron chi connectivity index (χ3n) is 4.51. The Morgan fingerprint density at radius 1 is 0.818 bits per heavy atom. The topological polar surface area (TPSA) is 101 Å². The van der Waals surface area contributed by atoms with E-state index in [1.165, 1.54) is 0 Å². The lowest BCUT2D eigenvalue weighted by molar-refractivity contribution is -0.144. The molecule has 0 radical (unpaired) electrons. The van der Waals surface area contributed by atoms with Crippen LogP contribution < -0.4 is 5.32 Å². The van der Waals surface area contributed by atoms with Crippen LogP contribution in [0, 0.1) is 0 Å². The van der Waals surface area contributed by atoms with E-state index in [2.05, 4.69) is 11.9 Å². The van der Waals surface area contributed by atoms with Gasteiger partial charge in [0, 0.05) is 52.4 Å². The number of rotatable bonds is 4. The van der Waals surface area contributed by atoms with E-state index in [1.54, 1.807) is 15.9 Å². The lowest BCUT2D eigenvalue weighted by atomic mass is 10.2. The van der Waals surface area contributed by atoms with Crippen molar-refractivity contribution < 1.29 is 28.6 Å². The van der Waals surface area contributed by atoms with E-state index in [0.717, 1.165) is 26.2 Å². The fourth-order valence-corrected chi connectivity index (χ4v) is 2.97. The molecule has 2 heterocycles. The molecule has 2 rings (SSSR count). The van der Waals surface area contributed by atoms with Gasteiger partial charge in [-0.25, -0.2) is 9.59 Å². The Morgan fingerprint density at radius 3 is 1.70 bits per heavy atom. The fourth-order valence-electron chi connectivity index (χ4n) is 2.97. The zero-order valence-electron chi connectivity index (χ0n) is 21.1. The molecule has 33 heavy (non-hydrogen) atoms. The summed E-state index contributed by atoms with van der Waals surface area (Å²) in [4.78, 5) is 40.2. The van der Waals surface area contributed by atoms with Gasteiger partial charge >= 0.3 is 18.2 Å². The summed E-state index contributed by atoms with van der Waals surface area (Å²) in [6, 6.07) is 0. The number of nitrogens with zero attached hydrogens (tertiary/aromatic N) is 3. The van der Waals surface area contributed by atoms with Gasteiger partial charge < -0.3 is 29.3 Å². The Morgan fingerprint density at radius 2 is 1.27 bits per heavy atom. The van der Waals surface area contributed by atoms with E-state index in [9.17, 15) is 14.4 Å². The summed E-state index contributed by atoms with van der Waals surface area (Å²) in [5, 5.41) is 3.18. The average Bonchev–Trinajstić information content (AvgIpc) is 2.71. The highest BCUT2D eigenvalue weighted by molar-refractivity contribution is 5.72. The highest BCUT2D eigenvalue weighted by atomic mass is 16.6. The molecule has 1 N–H and O–H groups in total. The van der Waals surface area contributed by atoms with Crippen LogP contribution >= 0.6 is 0 Å². The van der Waals surface area contributed by atoms with Crippen molar-refractivity contribution >= 4 is 18.2 Å². The third kappa shape index (κ3) is 13.1. The van der Waals surface area contributed by atoms with Crippen molar-refractivity contribution in [1.82, 2.24) is 20.0 Å². The first-order chi connectivity index (χ1) is 15.3. The molecule has 0 aromatic carbocycles. The molecule has 190 valence electrons. The van der Waals surface area contributed by atoms with E-state index in [-0.39, 0.29) is 36.9 Å². The number of ether oxygens (including phenoxy) is 3. The monoisotopic (exact) mass is 470 g/mol. The van der Waals surface area contributed by atoms with Gasteiger partial charge in [-0.15, -0.1) is 0 Å². The zero-order valence-corrected chi connectivity index (χ0v) is 21.1. The molecule has 0 unspecified atom stereocenters. The van der Waals surface area contributed by atoms with Crippen molar-refractivity contribution in [2.45, 2.75) is 52.7 Å². The van der Waals surface area contributed by atoms with Crippen LogP contribution in [0.3, 0.4) is 0 Å². The maximum Gasteiger partial charge on any atom is 0.410 e. The quantitative estimate of drug-likeness (QED) is 0.379. The molecule has 0 atom stereocenters. The van der Waals surface area contributed by atoms with Crippen LogP contribution in [0.15, 0.2) is 12.7 Å². The minimum atomic E-state index is -0.483. The Kier molecular flexibility index (Phi) is 11.7. The van der Waals surface area contributed by atoms with Crippen LogP contribution in [-0.4, -0.2) is 110 Å². The van der Waals surface area contributed by atoms with Gasteiger partial charge in [-0.05, 0) is 41.5 Å². The van der Waals surface area contributed by atoms with Crippen LogP contribution in [0.5, 0.6) is 0 Å². The summed E-state index contributed by atoms with van der Waals surface area (Å²) in [5.74, 6) is -0.268. The molecule has 0 saturated carbocycles. The smallest absolute Gasteiger partial charge is 0.410 e. The van der Waals surface area contributed by atoms with Crippen LogP contribution in [0.2, 0.25) is 0 Å². The number of carbonyl (C=O) groups excluding carboxylic acids is 3. The summed E-state index contributed by atoms with van der Waals surface area (Å²) in [6.45, 7) is 20.8. The van der Waals surface area contributed by atoms with Crippen LogP contribution in [0.1, 0.15) is 41.5 Å². The van der Waals surface area contributed by atoms with Gasteiger partial charge in [0.25, 0.3) is 0 Å². The maximum atomic E-state index is 11.9. The predicted octanol–water partition coefficient (Wildman–Crippen LogP) is 2.10. The molecule has 2 aliphatic rings. The number of nitrogens with one attached hydrogen (secondary N) is 1. The predicted molar refractivity (Wildman–Crippen MR) is 126 cm³/mol. The van der Waals surface area contributed by atoms with Gasteiger partial charge in [-0.2, -0.15) is 0 Å². The SMILES string of the molecule is C=CCOC(=O)CN1CCN(C(=O)OC(C)(C)C)CC1.CC(C)(C)OC(=O)N1CCNCC1. The van der Waals surface area contributed by atoms with E-state index in [0.29, 0.717) is 26.2 Å². The number of carbonyl (C=O) groups is 3. The number of piperazine rings is 2. The molecule has 10 heteroatoms. The van der Waals surface area contributed by atoms with Crippen molar-refractivity contribution in [2.24, 2.45) is 0 Å². The summed E-state index contributed by atoms with van der Waals surface area (Å²) >= 11 is 0. The molecule has 0 aromatic heterocycles. The van der Waals surface area contributed by atoms with Crippen molar-refractivity contribution in [3.05, 3.63) is 12.7 Å². The molecule has 0 aliphatic carbocycles. The molecule has 0 aromatic rings. The number of hydrogen-bond donors (Lipinski definition) is 1. The lowest BCUT2D eigenvalue weighted by Crippen LogP contribution is -2.51. The first-order valence-corrected chi connectivity index (χ1v) is 11.5. The van der Waals surface area contributed by atoms with Gasteiger partial charge in [-0.1, -0.05) is 12.7 Å². The summed E-state index contributed by atoms with van der Waals surface area (Å²) in [6.07, 6.45) is 1.04. The Balaban J connectivity index is 0.000000361. The van der Waals surface area contributed by atoms with Crippen LogP contribution in [-0.2, 0) is 19.0 Å². The Hall–Kier alpha value is -2.33.